The summed E-state index contributed by atoms with van der Waals surface area (Å²) in [6, 6.07) is 0. The number of alkyl halides is 1. The highest BCUT2D eigenvalue weighted by Gasteiger charge is 2.28. The van der Waals surface area contributed by atoms with Crippen LogP contribution in [0.4, 0.5) is 0 Å². The Bertz CT molecular complexity index is 286. The Labute approximate surface area is 101 Å². The Morgan fingerprint density at radius 3 is 3.07 bits per heavy atom. The van der Waals surface area contributed by atoms with Crippen LogP contribution in [0, 0.1) is 11.8 Å². The lowest BCUT2D eigenvalue weighted by Gasteiger charge is -2.32. The van der Waals surface area contributed by atoms with Crippen LogP contribution in [0.25, 0.3) is 0 Å². The van der Waals surface area contributed by atoms with E-state index in [9.17, 15) is 0 Å². The van der Waals surface area contributed by atoms with Crippen LogP contribution in [0.15, 0.2) is 11.6 Å². The normalized spacial score (nSPS) is 31.7. The predicted octanol–water partition coefficient (Wildman–Crippen LogP) is 4.12. The third kappa shape index (κ3) is 2.94. The van der Waals surface area contributed by atoms with Crippen molar-refractivity contribution in [3.8, 4) is 0 Å². The fourth-order valence-electron chi connectivity index (χ4n) is 2.48. The minimum Gasteiger partial charge on any atom is -0.250 e. The molecule has 1 nitrogen and oxygen atoms in total. The number of halogens is 1. The van der Waals surface area contributed by atoms with Gasteiger partial charge in [-0.2, -0.15) is 0 Å². The van der Waals surface area contributed by atoms with E-state index in [1.54, 1.807) is 11.3 Å². The van der Waals surface area contributed by atoms with Crippen molar-refractivity contribution in [2.75, 3.05) is 0 Å². The van der Waals surface area contributed by atoms with Crippen LogP contribution < -0.4 is 0 Å². The summed E-state index contributed by atoms with van der Waals surface area (Å²) in [7, 11) is 0. The Balaban J connectivity index is 1.94. The molecular weight excluding hydrogens is 226 g/mol. The molecule has 1 aromatic heterocycles. The van der Waals surface area contributed by atoms with Crippen LogP contribution >= 0.6 is 22.9 Å². The van der Waals surface area contributed by atoms with Crippen LogP contribution in [-0.4, -0.2) is 10.4 Å². The molecule has 1 heterocycles. The van der Waals surface area contributed by atoms with Gasteiger partial charge in [-0.3, -0.25) is 0 Å². The first kappa shape index (κ1) is 11.4. The zero-order valence-corrected chi connectivity index (χ0v) is 10.7. The highest BCUT2D eigenvalue weighted by atomic mass is 35.5. The zero-order chi connectivity index (χ0) is 10.7. The molecule has 1 saturated carbocycles. The first-order valence-corrected chi connectivity index (χ1v) is 7.13. The molecule has 1 aliphatic carbocycles. The van der Waals surface area contributed by atoms with Gasteiger partial charge in [0.25, 0.3) is 0 Å². The second-order valence-electron chi connectivity index (χ2n) is 4.49. The predicted molar refractivity (Wildman–Crippen MR) is 66.6 cm³/mol. The van der Waals surface area contributed by atoms with Gasteiger partial charge in [-0.25, -0.2) is 4.98 Å². The lowest BCUT2D eigenvalue weighted by molar-refractivity contribution is 0.264. The molecular formula is C12H18ClNS. The van der Waals surface area contributed by atoms with E-state index in [4.69, 9.17) is 11.6 Å². The number of hydrogen-bond acceptors (Lipinski definition) is 2. The fourth-order valence-corrected chi connectivity index (χ4v) is 3.51. The molecule has 15 heavy (non-hydrogen) atoms. The minimum absolute atomic E-state index is 0.372. The molecule has 0 aliphatic heterocycles. The first-order chi connectivity index (χ1) is 7.29. The topological polar surface area (TPSA) is 12.9 Å². The van der Waals surface area contributed by atoms with Crippen LogP contribution in [0.3, 0.4) is 0 Å². The molecule has 0 radical (unpaired) electrons. The van der Waals surface area contributed by atoms with Crippen molar-refractivity contribution in [3.05, 3.63) is 16.6 Å². The molecule has 0 aromatic carbocycles. The van der Waals surface area contributed by atoms with Crippen LogP contribution in [0.1, 0.15) is 37.6 Å². The Kier molecular flexibility index (Phi) is 4.04. The number of hydrogen-bond donors (Lipinski definition) is 0. The van der Waals surface area contributed by atoms with Crippen molar-refractivity contribution in [1.29, 1.82) is 0 Å². The Hall–Kier alpha value is -0.0800. The van der Waals surface area contributed by atoms with E-state index in [1.165, 1.54) is 30.7 Å². The van der Waals surface area contributed by atoms with Crippen LogP contribution in [0.5, 0.6) is 0 Å². The third-order valence-electron chi connectivity index (χ3n) is 3.50. The van der Waals surface area contributed by atoms with Gasteiger partial charge in [-0.1, -0.05) is 13.3 Å². The molecule has 1 fully saturated rings. The minimum atomic E-state index is 0.372. The second kappa shape index (κ2) is 5.31. The van der Waals surface area contributed by atoms with E-state index in [2.05, 4.69) is 17.3 Å². The summed E-state index contributed by atoms with van der Waals surface area (Å²) in [6.07, 6.45) is 8.09. The van der Waals surface area contributed by atoms with Gasteiger partial charge in [0.15, 0.2) is 0 Å². The highest BCUT2D eigenvalue weighted by molar-refractivity contribution is 7.09. The molecule has 2 rings (SSSR count). The van der Waals surface area contributed by atoms with E-state index in [0.717, 1.165) is 12.3 Å². The molecule has 3 unspecified atom stereocenters. The smallest absolute Gasteiger partial charge is 0.0928 e. The van der Waals surface area contributed by atoms with E-state index in [-0.39, 0.29) is 0 Å². The summed E-state index contributed by atoms with van der Waals surface area (Å²) < 4.78 is 0. The zero-order valence-electron chi connectivity index (χ0n) is 9.16. The summed E-state index contributed by atoms with van der Waals surface area (Å²) in [6.45, 7) is 2.29. The number of nitrogens with zero attached hydrogens (tertiary/aromatic N) is 1. The summed E-state index contributed by atoms with van der Waals surface area (Å²) in [5, 5.41) is 3.68. The average Bonchev–Trinajstić information content (AvgIpc) is 2.74. The summed E-state index contributed by atoms with van der Waals surface area (Å²) in [4.78, 5) is 4.36. The van der Waals surface area contributed by atoms with Gasteiger partial charge in [-0.05, 0) is 31.1 Å². The molecule has 0 saturated heterocycles. The maximum Gasteiger partial charge on any atom is 0.0928 e. The van der Waals surface area contributed by atoms with Crippen LogP contribution in [0.2, 0.25) is 0 Å². The summed E-state index contributed by atoms with van der Waals surface area (Å²) >= 11 is 8.16. The third-order valence-corrected chi connectivity index (χ3v) is 4.87. The standard InChI is InChI=1S/C12H18ClNS/c1-2-9-3-4-11(13)10(7-9)8-12-14-5-6-15-12/h5-6,9-11H,2-4,7-8H2,1H3. The maximum absolute atomic E-state index is 6.40. The van der Waals surface area contributed by atoms with Crippen molar-refractivity contribution in [2.45, 2.75) is 44.4 Å². The van der Waals surface area contributed by atoms with Crippen LogP contribution in [-0.2, 0) is 6.42 Å². The molecule has 1 aromatic rings. The SMILES string of the molecule is CCC1CCC(Cl)C(Cc2nccs2)C1. The Morgan fingerprint density at radius 1 is 1.53 bits per heavy atom. The van der Waals surface area contributed by atoms with Gasteiger partial charge in [0.2, 0.25) is 0 Å². The number of thiazole rings is 1. The van der Waals surface area contributed by atoms with Gasteiger partial charge in [0.05, 0.1) is 5.01 Å². The van der Waals surface area contributed by atoms with E-state index in [1.807, 2.05) is 6.20 Å². The summed E-state index contributed by atoms with van der Waals surface area (Å²) in [5.74, 6) is 1.54. The van der Waals surface area contributed by atoms with Gasteiger partial charge in [0.1, 0.15) is 0 Å². The molecule has 3 heteroatoms. The summed E-state index contributed by atoms with van der Waals surface area (Å²) in [5.41, 5.74) is 0. The van der Waals surface area contributed by atoms with Crippen molar-refractivity contribution >= 4 is 22.9 Å². The fraction of sp³-hybridized carbons (Fsp3) is 0.750. The van der Waals surface area contributed by atoms with Crippen molar-refractivity contribution in [2.24, 2.45) is 11.8 Å². The van der Waals surface area contributed by atoms with Gasteiger partial charge >= 0.3 is 0 Å². The first-order valence-electron chi connectivity index (χ1n) is 5.82. The lowest BCUT2D eigenvalue weighted by Crippen LogP contribution is -2.26. The monoisotopic (exact) mass is 243 g/mol. The molecule has 0 amide bonds. The molecule has 0 N–H and O–H groups in total. The van der Waals surface area contributed by atoms with Gasteiger partial charge in [-0.15, -0.1) is 22.9 Å². The molecule has 0 bridgehead atoms. The highest BCUT2D eigenvalue weighted by Crippen LogP contribution is 2.36. The van der Waals surface area contributed by atoms with Crippen molar-refractivity contribution < 1.29 is 0 Å². The van der Waals surface area contributed by atoms with Gasteiger partial charge < -0.3 is 0 Å². The van der Waals surface area contributed by atoms with E-state index in [0.29, 0.717) is 11.3 Å². The van der Waals surface area contributed by atoms with Crippen molar-refractivity contribution in [1.82, 2.24) is 4.98 Å². The van der Waals surface area contributed by atoms with E-state index < -0.39 is 0 Å². The lowest BCUT2D eigenvalue weighted by atomic mass is 9.78. The Morgan fingerprint density at radius 2 is 2.40 bits per heavy atom. The average molecular weight is 244 g/mol. The maximum atomic E-state index is 6.40. The number of aromatic nitrogens is 1. The molecule has 1 aliphatic rings. The molecule has 0 spiro atoms. The molecule has 84 valence electrons. The molecule has 3 atom stereocenters. The quantitative estimate of drug-likeness (QED) is 0.728. The van der Waals surface area contributed by atoms with E-state index >= 15 is 0 Å². The second-order valence-corrected chi connectivity index (χ2v) is 6.03. The largest absolute Gasteiger partial charge is 0.250 e. The van der Waals surface area contributed by atoms with Gasteiger partial charge in [0, 0.05) is 23.4 Å². The number of rotatable bonds is 3. The van der Waals surface area contributed by atoms with Crippen molar-refractivity contribution in [3.63, 3.8) is 0 Å².